The van der Waals surface area contributed by atoms with Crippen LogP contribution in [0.5, 0.6) is 0 Å². The summed E-state index contributed by atoms with van der Waals surface area (Å²) in [5.74, 6) is -1.09. The van der Waals surface area contributed by atoms with Gasteiger partial charge in [-0.05, 0) is 24.3 Å². The second-order valence-corrected chi connectivity index (χ2v) is 5.59. The number of sulfone groups is 1. The lowest BCUT2D eigenvalue weighted by atomic mass is 10.2. The Morgan fingerprint density at radius 2 is 2.00 bits per heavy atom. The summed E-state index contributed by atoms with van der Waals surface area (Å²) in [7, 11) is -3.61. The average molecular weight is 276 g/mol. The van der Waals surface area contributed by atoms with Gasteiger partial charge in [-0.15, -0.1) is 0 Å². The molecule has 1 rings (SSSR count). The third-order valence-corrected chi connectivity index (χ3v) is 3.38. The molecule has 0 fully saturated rings. The van der Waals surface area contributed by atoms with E-state index in [2.05, 4.69) is 4.74 Å². The van der Waals surface area contributed by atoms with Gasteiger partial charge in [0.1, 0.15) is 0 Å². The van der Waals surface area contributed by atoms with Crippen LogP contribution in [0.15, 0.2) is 35.6 Å². The molecule has 0 amide bonds. The molecule has 0 unspecified atom stereocenters. The van der Waals surface area contributed by atoms with E-state index in [0.29, 0.717) is 16.0 Å². The van der Waals surface area contributed by atoms with E-state index < -0.39 is 15.8 Å². The van der Waals surface area contributed by atoms with Gasteiger partial charge < -0.3 is 9.84 Å². The lowest BCUT2D eigenvalue weighted by Crippen LogP contribution is -2.11. The predicted molar refractivity (Wildman–Crippen MR) is 63.8 cm³/mol. The summed E-state index contributed by atoms with van der Waals surface area (Å²) in [5, 5.41) is 12.2. The Kier molecular flexibility index (Phi) is 4.84. The molecule has 1 aromatic rings. The van der Waals surface area contributed by atoms with Crippen molar-refractivity contribution in [2.24, 2.45) is 0 Å². The first-order valence-electron chi connectivity index (χ1n) is 4.91. The second-order valence-electron chi connectivity index (χ2n) is 3.30. The second kappa shape index (κ2) is 5.93. The molecule has 0 spiro atoms. The molecule has 0 aliphatic rings. The van der Waals surface area contributed by atoms with E-state index in [0.717, 1.165) is 0 Å². The van der Waals surface area contributed by atoms with Crippen molar-refractivity contribution in [3.05, 3.63) is 46.2 Å². The van der Waals surface area contributed by atoms with E-state index >= 15 is 0 Å². The number of hydrogen-bond acceptors (Lipinski definition) is 4. The van der Waals surface area contributed by atoms with Crippen LogP contribution in [0.25, 0.3) is 0 Å². The summed E-state index contributed by atoms with van der Waals surface area (Å²) in [6.45, 7) is 1.75. The zero-order chi connectivity index (χ0) is 12.9. The van der Waals surface area contributed by atoms with Crippen LogP contribution >= 0.6 is 11.6 Å². The first-order valence-corrected chi connectivity index (χ1v) is 7.01. The maximum Gasteiger partial charge on any atom is 0.177 e. The minimum absolute atomic E-state index is 0.145. The summed E-state index contributed by atoms with van der Waals surface area (Å²) in [4.78, 5) is 0. The molecule has 4 nitrogen and oxygen atoms in total. The summed E-state index contributed by atoms with van der Waals surface area (Å²) < 4.78 is 27.7. The smallest absolute Gasteiger partial charge is 0.177 e. The highest BCUT2D eigenvalue weighted by Gasteiger charge is 2.08. The molecule has 0 heterocycles. The Morgan fingerprint density at radius 1 is 1.41 bits per heavy atom. The number of hydrogen-bond donors (Lipinski definition) is 0. The van der Waals surface area contributed by atoms with Crippen molar-refractivity contribution >= 4 is 21.4 Å². The van der Waals surface area contributed by atoms with Crippen LogP contribution < -0.4 is 5.11 Å². The van der Waals surface area contributed by atoms with Gasteiger partial charge in [0, 0.05) is 5.02 Å². The molecule has 0 saturated heterocycles. The van der Waals surface area contributed by atoms with Crippen molar-refractivity contribution < 1.29 is 18.3 Å². The average Bonchev–Trinajstić information content (AvgIpc) is 2.20. The van der Waals surface area contributed by atoms with Gasteiger partial charge >= 0.3 is 0 Å². The fraction of sp³-hybridized carbons (Fsp3) is 0.273. The number of benzene rings is 1. The number of ether oxygens (including phenoxy) is 1. The van der Waals surface area contributed by atoms with Gasteiger partial charge in [-0.3, -0.25) is 0 Å². The summed E-state index contributed by atoms with van der Waals surface area (Å²) in [6, 6.07) is 6.38. The van der Waals surface area contributed by atoms with E-state index in [4.69, 9.17) is 11.6 Å². The van der Waals surface area contributed by atoms with Crippen LogP contribution in [0.4, 0.5) is 0 Å². The van der Waals surface area contributed by atoms with Gasteiger partial charge in [-0.25, -0.2) is 8.42 Å². The van der Waals surface area contributed by atoms with Gasteiger partial charge in [-0.1, -0.05) is 30.7 Å². The molecular formula is C11H12ClO4S-. The fourth-order valence-electron chi connectivity index (χ4n) is 1.18. The molecule has 17 heavy (non-hydrogen) atoms. The van der Waals surface area contributed by atoms with E-state index in [1.54, 1.807) is 31.2 Å². The van der Waals surface area contributed by atoms with Gasteiger partial charge in [-0.2, -0.15) is 0 Å². The first-order chi connectivity index (χ1) is 7.93. The minimum atomic E-state index is -3.61. The molecule has 0 bridgehead atoms. The Morgan fingerprint density at radius 3 is 2.53 bits per heavy atom. The van der Waals surface area contributed by atoms with Gasteiger partial charge in [0.05, 0.1) is 17.1 Å². The number of rotatable bonds is 5. The molecular weight excluding hydrogens is 264 g/mol. The molecule has 0 radical (unpaired) electrons. The molecule has 0 N–H and O–H groups in total. The molecule has 0 saturated carbocycles. The molecule has 0 aliphatic carbocycles. The van der Waals surface area contributed by atoms with E-state index in [1.807, 2.05) is 0 Å². The fourth-order valence-corrected chi connectivity index (χ4v) is 2.41. The lowest BCUT2D eigenvalue weighted by molar-refractivity contribution is -0.356. The van der Waals surface area contributed by atoms with Crippen LogP contribution in [0.1, 0.15) is 12.5 Å². The maximum absolute atomic E-state index is 11.6. The Balaban J connectivity index is 2.80. The van der Waals surface area contributed by atoms with Crippen LogP contribution in [-0.2, 0) is 20.3 Å². The van der Waals surface area contributed by atoms with E-state index in [-0.39, 0.29) is 12.4 Å². The minimum Gasteiger partial charge on any atom is -0.613 e. The topological polar surface area (TPSA) is 66.4 Å². The van der Waals surface area contributed by atoms with Crippen molar-refractivity contribution in [2.75, 3.05) is 6.61 Å². The third-order valence-electron chi connectivity index (χ3n) is 1.84. The van der Waals surface area contributed by atoms with Crippen molar-refractivity contribution in [1.82, 2.24) is 0 Å². The number of halogens is 1. The van der Waals surface area contributed by atoms with Crippen molar-refractivity contribution in [2.45, 2.75) is 12.7 Å². The van der Waals surface area contributed by atoms with Gasteiger partial charge in [0.25, 0.3) is 0 Å². The zero-order valence-corrected chi connectivity index (χ0v) is 10.8. The van der Waals surface area contributed by atoms with Crippen molar-refractivity contribution in [1.29, 1.82) is 0 Å². The van der Waals surface area contributed by atoms with Crippen LogP contribution in [0, 0.1) is 0 Å². The Bertz CT molecular complexity index is 491. The van der Waals surface area contributed by atoms with Gasteiger partial charge in [0.2, 0.25) is 0 Å². The summed E-state index contributed by atoms with van der Waals surface area (Å²) >= 11 is 5.68. The zero-order valence-electron chi connectivity index (χ0n) is 9.22. The summed E-state index contributed by atoms with van der Waals surface area (Å²) in [6.07, 6.45) is 0. The Hall–Kier alpha value is -1.20. The van der Waals surface area contributed by atoms with E-state index in [9.17, 15) is 13.5 Å². The molecule has 0 aromatic heterocycles. The first kappa shape index (κ1) is 13.9. The molecule has 0 aliphatic heterocycles. The molecule has 1 aromatic carbocycles. The lowest BCUT2D eigenvalue weighted by Gasteiger charge is -2.12. The van der Waals surface area contributed by atoms with E-state index in [1.165, 1.54) is 0 Å². The normalized spacial score (nSPS) is 12.5. The predicted octanol–water partition coefficient (Wildman–Crippen LogP) is 1.45. The molecule has 94 valence electrons. The quantitative estimate of drug-likeness (QED) is 0.763. The Labute approximate surface area is 105 Å². The highest BCUT2D eigenvalue weighted by atomic mass is 35.5. The van der Waals surface area contributed by atoms with Crippen molar-refractivity contribution in [3.63, 3.8) is 0 Å². The maximum atomic E-state index is 11.6. The van der Waals surface area contributed by atoms with Gasteiger partial charge in [0.15, 0.2) is 9.84 Å². The molecule has 0 atom stereocenters. The van der Waals surface area contributed by atoms with Crippen molar-refractivity contribution in [3.8, 4) is 0 Å². The summed E-state index contributed by atoms with van der Waals surface area (Å²) in [5.41, 5.74) is 0.565. The van der Waals surface area contributed by atoms with Crippen LogP contribution in [0.3, 0.4) is 0 Å². The third kappa shape index (κ3) is 5.10. The standard InChI is InChI=1S/C11H13ClO4S/c1-2-16-11(13)8-17(14,15)7-9-3-5-10(12)6-4-9/h3-6,8,13H,2,7H2,1H3/p-1/b11-8+. The highest BCUT2D eigenvalue weighted by Crippen LogP contribution is 2.13. The largest absolute Gasteiger partial charge is 0.613 e. The highest BCUT2D eigenvalue weighted by molar-refractivity contribution is 7.93. The monoisotopic (exact) mass is 275 g/mol. The molecule has 6 heteroatoms. The van der Waals surface area contributed by atoms with Crippen LogP contribution in [-0.4, -0.2) is 15.0 Å². The van der Waals surface area contributed by atoms with Crippen LogP contribution in [0.2, 0.25) is 5.02 Å². The SMILES string of the molecule is CCO/C([O-])=C/S(=O)(=O)Cc1ccc(Cl)cc1.